The maximum atomic E-state index is 12.1. The lowest BCUT2D eigenvalue weighted by atomic mass is 10.1. The number of ether oxygens (including phenoxy) is 2. The van der Waals surface area contributed by atoms with E-state index in [9.17, 15) is 14.4 Å². The molecular weight excluding hydrogens is 310 g/mol. The Morgan fingerprint density at radius 3 is 2.33 bits per heavy atom. The summed E-state index contributed by atoms with van der Waals surface area (Å²) < 4.78 is 9.75. The fourth-order valence-electron chi connectivity index (χ4n) is 2.47. The summed E-state index contributed by atoms with van der Waals surface area (Å²) >= 11 is 0. The lowest BCUT2D eigenvalue weighted by Crippen LogP contribution is -2.37. The molecule has 1 atom stereocenters. The molecule has 1 aliphatic heterocycles. The SMILES string of the molecule is COC(=O)c1ccc(/C=C/C(=O)O[C@@H](C)C(=O)N2CCCC2)cc1. The Kier molecular flexibility index (Phi) is 6.12. The van der Waals surface area contributed by atoms with Crippen LogP contribution in [0.25, 0.3) is 6.08 Å². The highest BCUT2D eigenvalue weighted by atomic mass is 16.5. The predicted molar refractivity (Wildman–Crippen MR) is 88.2 cm³/mol. The van der Waals surface area contributed by atoms with Gasteiger partial charge in [-0.05, 0) is 43.5 Å². The average molecular weight is 331 g/mol. The number of carbonyl (C=O) groups is 3. The number of likely N-dealkylation sites (tertiary alicyclic amines) is 1. The summed E-state index contributed by atoms with van der Waals surface area (Å²) in [6.07, 6.45) is 4.03. The van der Waals surface area contributed by atoms with Crippen LogP contribution in [-0.4, -0.2) is 49.0 Å². The van der Waals surface area contributed by atoms with Gasteiger partial charge in [0.25, 0.3) is 5.91 Å². The lowest BCUT2D eigenvalue weighted by molar-refractivity contribution is -0.154. The number of benzene rings is 1. The summed E-state index contributed by atoms with van der Waals surface area (Å²) in [4.78, 5) is 36.9. The fraction of sp³-hybridized carbons (Fsp3) is 0.389. The van der Waals surface area contributed by atoms with Crippen LogP contribution in [0.5, 0.6) is 0 Å². The van der Waals surface area contributed by atoms with E-state index < -0.39 is 18.0 Å². The standard InChI is InChI=1S/C18H21NO5/c1-13(17(21)19-11-3-4-12-19)24-16(20)10-7-14-5-8-15(9-6-14)18(22)23-2/h5-10,13H,3-4,11-12H2,1-2H3/b10-7+/t13-/m0/s1. The Morgan fingerprint density at radius 2 is 1.75 bits per heavy atom. The van der Waals surface area contributed by atoms with Gasteiger partial charge in [0.1, 0.15) is 0 Å². The number of rotatable bonds is 5. The zero-order chi connectivity index (χ0) is 17.5. The van der Waals surface area contributed by atoms with Crippen molar-refractivity contribution in [3.63, 3.8) is 0 Å². The average Bonchev–Trinajstić information content (AvgIpc) is 3.13. The van der Waals surface area contributed by atoms with E-state index in [4.69, 9.17) is 4.74 Å². The molecule has 0 radical (unpaired) electrons. The van der Waals surface area contributed by atoms with Gasteiger partial charge >= 0.3 is 11.9 Å². The highest BCUT2D eigenvalue weighted by Gasteiger charge is 2.25. The van der Waals surface area contributed by atoms with Crippen LogP contribution in [0.3, 0.4) is 0 Å². The fourth-order valence-corrected chi connectivity index (χ4v) is 2.47. The van der Waals surface area contributed by atoms with E-state index in [2.05, 4.69) is 4.74 Å². The quantitative estimate of drug-likeness (QED) is 0.610. The van der Waals surface area contributed by atoms with E-state index in [0.717, 1.165) is 31.5 Å². The molecule has 0 saturated carbocycles. The van der Waals surface area contributed by atoms with Gasteiger partial charge in [0, 0.05) is 19.2 Å². The highest BCUT2D eigenvalue weighted by Crippen LogP contribution is 2.11. The number of carbonyl (C=O) groups excluding carboxylic acids is 3. The van der Waals surface area contributed by atoms with Crippen molar-refractivity contribution in [1.82, 2.24) is 4.90 Å². The van der Waals surface area contributed by atoms with Crippen LogP contribution in [0.2, 0.25) is 0 Å². The van der Waals surface area contributed by atoms with Crippen molar-refractivity contribution in [2.24, 2.45) is 0 Å². The molecule has 0 unspecified atom stereocenters. The Morgan fingerprint density at radius 1 is 1.12 bits per heavy atom. The molecule has 0 aromatic heterocycles. The van der Waals surface area contributed by atoms with Crippen molar-refractivity contribution >= 4 is 23.9 Å². The second kappa shape index (κ2) is 8.29. The van der Waals surface area contributed by atoms with Gasteiger partial charge in [-0.2, -0.15) is 0 Å². The molecule has 2 rings (SSSR count). The number of hydrogen-bond acceptors (Lipinski definition) is 5. The van der Waals surface area contributed by atoms with Crippen LogP contribution >= 0.6 is 0 Å². The van der Waals surface area contributed by atoms with Crippen molar-refractivity contribution in [3.8, 4) is 0 Å². The molecule has 1 aliphatic rings. The first kappa shape index (κ1) is 17.7. The molecule has 0 bridgehead atoms. The molecule has 0 aliphatic carbocycles. The molecule has 128 valence electrons. The molecule has 1 aromatic carbocycles. The summed E-state index contributed by atoms with van der Waals surface area (Å²) in [6.45, 7) is 3.03. The minimum atomic E-state index is -0.790. The molecule has 0 spiro atoms. The second-order valence-corrected chi connectivity index (χ2v) is 5.56. The van der Waals surface area contributed by atoms with E-state index in [1.54, 1.807) is 42.2 Å². The number of amides is 1. The smallest absolute Gasteiger partial charge is 0.337 e. The van der Waals surface area contributed by atoms with Gasteiger partial charge in [-0.25, -0.2) is 9.59 Å². The van der Waals surface area contributed by atoms with Gasteiger partial charge in [-0.3, -0.25) is 4.79 Å². The maximum Gasteiger partial charge on any atom is 0.337 e. The van der Waals surface area contributed by atoms with Gasteiger partial charge in [0.2, 0.25) is 0 Å². The second-order valence-electron chi connectivity index (χ2n) is 5.56. The molecule has 1 amide bonds. The lowest BCUT2D eigenvalue weighted by Gasteiger charge is -2.19. The first-order chi connectivity index (χ1) is 11.5. The maximum absolute atomic E-state index is 12.1. The third-order valence-electron chi connectivity index (χ3n) is 3.80. The van der Waals surface area contributed by atoms with Gasteiger partial charge in [0.15, 0.2) is 6.10 Å². The molecule has 6 heteroatoms. The van der Waals surface area contributed by atoms with E-state index in [1.807, 2.05) is 0 Å². The van der Waals surface area contributed by atoms with Crippen LogP contribution in [0.4, 0.5) is 0 Å². The van der Waals surface area contributed by atoms with Crippen molar-refractivity contribution in [3.05, 3.63) is 41.5 Å². The van der Waals surface area contributed by atoms with Crippen molar-refractivity contribution in [2.75, 3.05) is 20.2 Å². The summed E-state index contributed by atoms with van der Waals surface area (Å²) in [5.41, 5.74) is 1.17. The van der Waals surface area contributed by atoms with Crippen LogP contribution in [0, 0.1) is 0 Å². The Labute approximate surface area is 141 Å². The zero-order valence-electron chi connectivity index (χ0n) is 13.9. The summed E-state index contributed by atoms with van der Waals surface area (Å²) in [6, 6.07) is 6.59. The molecular formula is C18H21NO5. The zero-order valence-corrected chi connectivity index (χ0v) is 13.9. The van der Waals surface area contributed by atoms with E-state index >= 15 is 0 Å². The normalized spacial score (nSPS) is 15.3. The summed E-state index contributed by atoms with van der Waals surface area (Å²) in [7, 11) is 1.32. The van der Waals surface area contributed by atoms with Crippen LogP contribution in [0.1, 0.15) is 35.7 Å². The predicted octanol–water partition coefficient (Wildman–Crippen LogP) is 2.04. The monoisotopic (exact) mass is 331 g/mol. The number of methoxy groups -OCH3 is 1. The Bertz CT molecular complexity index is 629. The third kappa shape index (κ3) is 4.68. The number of hydrogen-bond donors (Lipinski definition) is 0. The Balaban J connectivity index is 1.87. The highest BCUT2D eigenvalue weighted by molar-refractivity contribution is 5.91. The molecule has 1 saturated heterocycles. The van der Waals surface area contributed by atoms with Crippen LogP contribution in [0.15, 0.2) is 30.3 Å². The topological polar surface area (TPSA) is 72.9 Å². The number of esters is 2. The van der Waals surface area contributed by atoms with E-state index in [-0.39, 0.29) is 5.91 Å². The van der Waals surface area contributed by atoms with Crippen molar-refractivity contribution < 1.29 is 23.9 Å². The van der Waals surface area contributed by atoms with Crippen molar-refractivity contribution in [2.45, 2.75) is 25.9 Å². The molecule has 1 fully saturated rings. The number of nitrogens with zero attached hydrogens (tertiary/aromatic N) is 1. The Hall–Kier alpha value is -2.63. The van der Waals surface area contributed by atoms with Gasteiger partial charge in [-0.1, -0.05) is 12.1 Å². The first-order valence-electron chi connectivity index (χ1n) is 7.87. The molecule has 6 nitrogen and oxygen atoms in total. The largest absolute Gasteiger partial charge is 0.465 e. The van der Waals surface area contributed by atoms with Gasteiger partial charge in [0.05, 0.1) is 12.7 Å². The van der Waals surface area contributed by atoms with Crippen LogP contribution < -0.4 is 0 Å². The molecule has 1 heterocycles. The van der Waals surface area contributed by atoms with Gasteiger partial charge in [-0.15, -0.1) is 0 Å². The van der Waals surface area contributed by atoms with Crippen molar-refractivity contribution in [1.29, 1.82) is 0 Å². The first-order valence-corrected chi connectivity index (χ1v) is 7.87. The van der Waals surface area contributed by atoms with Crippen LogP contribution in [-0.2, 0) is 19.1 Å². The molecule has 24 heavy (non-hydrogen) atoms. The summed E-state index contributed by atoms with van der Waals surface area (Å²) in [5.74, 6) is -1.15. The molecule has 0 N–H and O–H groups in total. The minimum Gasteiger partial charge on any atom is -0.465 e. The molecule has 1 aromatic rings. The van der Waals surface area contributed by atoms with E-state index in [0.29, 0.717) is 5.56 Å². The van der Waals surface area contributed by atoms with E-state index in [1.165, 1.54) is 13.2 Å². The third-order valence-corrected chi connectivity index (χ3v) is 3.80. The van der Waals surface area contributed by atoms with Gasteiger partial charge < -0.3 is 14.4 Å². The minimum absolute atomic E-state index is 0.156. The summed E-state index contributed by atoms with van der Waals surface area (Å²) in [5, 5.41) is 0.